The molecule has 7 heteroatoms. The molecule has 130 valence electrons. The van der Waals surface area contributed by atoms with Crippen molar-refractivity contribution in [2.45, 2.75) is 31.7 Å². The second-order valence-electron chi connectivity index (χ2n) is 5.98. The molecule has 0 aliphatic heterocycles. The van der Waals surface area contributed by atoms with Gasteiger partial charge >= 0.3 is 11.1 Å². The number of hydrogen-bond acceptors (Lipinski definition) is 5. The quantitative estimate of drug-likeness (QED) is 0.572. The van der Waals surface area contributed by atoms with E-state index in [1.165, 1.54) is 7.11 Å². The molecule has 3 rings (SSSR count). The second kappa shape index (κ2) is 6.85. The maximum atomic E-state index is 12.7. The van der Waals surface area contributed by atoms with Crippen LogP contribution in [0.5, 0.6) is 0 Å². The lowest BCUT2D eigenvalue weighted by atomic mass is 10.1. The largest absolute Gasteiger partial charge is 0.609 e. The van der Waals surface area contributed by atoms with E-state index in [0.29, 0.717) is 16.2 Å². The maximum Gasteiger partial charge on any atom is 0.338 e. The minimum Gasteiger partial charge on any atom is -0.609 e. The van der Waals surface area contributed by atoms with Gasteiger partial charge in [-0.25, -0.2) is 4.79 Å². The van der Waals surface area contributed by atoms with Gasteiger partial charge in [-0.1, -0.05) is 6.07 Å². The fourth-order valence-electron chi connectivity index (χ4n) is 2.67. The molecule has 1 N–H and O–H groups in total. The summed E-state index contributed by atoms with van der Waals surface area (Å²) >= 11 is -1.35. The zero-order valence-electron chi connectivity index (χ0n) is 14.5. The van der Waals surface area contributed by atoms with E-state index in [4.69, 9.17) is 4.74 Å². The fraction of sp³-hybridized carbons (Fsp3) is 0.278. The van der Waals surface area contributed by atoms with Gasteiger partial charge in [0.05, 0.1) is 29.4 Å². The number of esters is 1. The Labute approximate surface area is 148 Å². The lowest BCUT2D eigenvalue weighted by molar-refractivity contribution is 0.0600. The summed E-state index contributed by atoms with van der Waals surface area (Å²) in [6, 6.07) is 5.48. The number of benzene rings is 1. The van der Waals surface area contributed by atoms with Crippen LogP contribution in [0.15, 0.2) is 29.6 Å². The number of carbonyl (C=O) groups is 1. The molecule has 0 saturated carbocycles. The van der Waals surface area contributed by atoms with E-state index in [9.17, 15) is 9.35 Å². The summed E-state index contributed by atoms with van der Waals surface area (Å²) in [6.07, 6.45) is 1.77. The second-order valence-corrected chi connectivity index (χ2v) is 7.35. The molecule has 1 atom stereocenters. The van der Waals surface area contributed by atoms with Crippen LogP contribution in [-0.4, -0.2) is 32.6 Å². The van der Waals surface area contributed by atoms with Crippen LogP contribution >= 0.6 is 0 Å². The third kappa shape index (κ3) is 3.52. The molecule has 0 radical (unpaired) electrons. The van der Waals surface area contributed by atoms with Gasteiger partial charge < -0.3 is 9.29 Å². The molecule has 2 aromatic heterocycles. The van der Waals surface area contributed by atoms with Crippen molar-refractivity contribution in [1.82, 2.24) is 15.0 Å². The van der Waals surface area contributed by atoms with E-state index in [2.05, 4.69) is 15.0 Å². The van der Waals surface area contributed by atoms with Crippen LogP contribution in [0.4, 0.5) is 0 Å². The molecular formula is C18H19N3O3S. The Morgan fingerprint density at radius 3 is 2.68 bits per heavy atom. The van der Waals surface area contributed by atoms with Crippen molar-refractivity contribution in [3.8, 4) is 0 Å². The minimum atomic E-state index is -1.35. The third-order valence-electron chi connectivity index (χ3n) is 4.02. The van der Waals surface area contributed by atoms with Crippen LogP contribution < -0.4 is 0 Å². The van der Waals surface area contributed by atoms with Crippen molar-refractivity contribution in [2.24, 2.45) is 0 Å². The zero-order chi connectivity index (χ0) is 18.1. The van der Waals surface area contributed by atoms with Crippen LogP contribution in [0.3, 0.4) is 0 Å². The number of aromatic nitrogens is 3. The molecular weight excluding hydrogens is 338 g/mol. The van der Waals surface area contributed by atoms with Crippen molar-refractivity contribution >= 4 is 28.2 Å². The van der Waals surface area contributed by atoms with Crippen LogP contribution in [-0.2, 0) is 21.7 Å². The number of methoxy groups -OCH3 is 1. The van der Waals surface area contributed by atoms with Crippen molar-refractivity contribution in [1.29, 1.82) is 0 Å². The van der Waals surface area contributed by atoms with E-state index < -0.39 is 17.1 Å². The summed E-state index contributed by atoms with van der Waals surface area (Å²) in [5, 5.41) is 0.373. The average Bonchev–Trinajstić information content (AvgIpc) is 2.98. The van der Waals surface area contributed by atoms with E-state index in [-0.39, 0.29) is 5.75 Å². The topological polar surface area (TPSA) is 90.9 Å². The fourth-order valence-corrected chi connectivity index (χ4v) is 3.78. The molecule has 0 aliphatic carbocycles. The van der Waals surface area contributed by atoms with Crippen molar-refractivity contribution in [3.63, 3.8) is 0 Å². The number of aryl methyl sites for hydroxylation is 3. The summed E-state index contributed by atoms with van der Waals surface area (Å²) in [7, 11) is 1.34. The molecule has 6 nitrogen and oxygen atoms in total. The Balaban J connectivity index is 1.91. The molecule has 0 spiro atoms. The number of H-pyrrole nitrogens is 1. The summed E-state index contributed by atoms with van der Waals surface area (Å²) in [5.41, 5.74) is 5.42. The highest BCUT2D eigenvalue weighted by atomic mass is 32.2. The van der Waals surface area contributed by atoms with Gasteiger partial charge in [0.1, 0.15) is 0 Å². The average molecular weight is 357 g/mol. The van der Waals surface area contributed by atoms with Crippen LogP contribution in [0.25, 0.3) is 11.0 Å². The van der Waals surface area contributed by atoms with Gasteiger partial charge in [0, 0.05) is 17.4 Å². The van der Waals surface area contributed by atoms with Crippen LogP contribution in [0.2, 0.25) is 0 Å². The molecule has 0 amide bonds. The van der Waals surface area contributed by atoms with Crippen molar-refractivity contribution in [3.05, 3.63) is 52.3 Å². The predicted octanol–water partition coefficient (Wildman–Crippen LogP) is 2.98. The number of nitrogens with one attached hydrogen (secondary N) is 1. The first-order chi connectivity index (χ1) is 11.9. The lowest BCUT2D eigenvalue weighted by Gasteiger charge is -2.08. The number of imidazole rings is 1. The van der Waals surface area contributed by atoms with Gasteiger partial charge in [0.25, 0.3) is 0 Å². The standard InChI is InChI=1S/C18H19N3O3S/c1-10-5-12(3)16(19-8-10)9-25(23)18-20-14-6-11(2)13(17(22)24-4)7-15(14)21-18/h5-8H,9H2,1-4H3,(H,20,21). The molecule has 0 bridgehead atoms. The highest BCUT2D eigenvalue weighted by Crippen LogP contribution is 2.22. The molecule has 2 heterocycles. The van der Waals surface area contributed by atoms with Gasteiger partial charge in [0.15, 0.2) is 5.75 Å². The smallest absolute Gasteiger partial charge is 0.338 e. The zero-order valence-corrected chi connectivity index (χ0v) is 15.4. The van der Waals surface area contributed by atoms with E-state index >= 15 is 0 Å². The molecule has 0 fully saturated rings. The summed E-state index contributed by atoms with van der Waals surface area (Å²) in [4.78, 5) is 23.6. The number of hydrogen-bond donors (Lipinski definition) is 1. The number of rotatable bonds is 4. The number of ether oxygens (including phenoxy) is 1. The van der Waals surface area contributed by atoms with Gasteiger partial charge in [-0.15, -0.1) is 0 Å². The van der Waals surface area contributed by atoms with E-state index in [1.807, 2.05) is 32.9 Å². The SMILES string of the molecule is COC(=O)c1cc2nc([S+]([O-])Cc3ncc(C)cc3C)[nH]c2cc1C. The highest BCUT2D eigenvalue weighted by Gasteiger charge is 2.21. The first-order valence-electron chi connectivity index (χ1n) is 7.78. The maximum absolute atomic E-state index is 12.7. The Morgan fingerprint density at radius 2 is 2.00 bits per heavy atom. The Morgan fingerprint density at radius 1 is 1.24 bits per heavy atom. The third-order valence-corrected chi connectivity index (χ3v) is 5.18. The Bertz CT molecular complexity index is 952. The van der Waals surface area contributed by atoms with Gasteiger partial charge in [-0.2, -0.15) is 4.98 Å². The monoisotopic (exact) mass is 357 g/mol. The first-order valence-corrected chi connectivity index (χ1v) is 9.10. The molecule has 1 aromatic carbocycles. The number of nitrogens with zero attached hydrogens (tertiary/aromatic N) is 2. The number of fused-ring (bicyclic) bond motifs is 1. The van der Waals surface area contributed by atoms with Crippen molar-refractivity contribution in [2.75, 3.05) is 7.11 Å². The molecule has 3 aromatic rings. The number of pyridine rings is 1. The van der Waals surface area contributed by atoms with Crippen LogP contribution in [0.1, 0.15) is 32.7 Å². The van der Waals surface area contributed by atoms with Crippen molar-refractivity contribution < 1.29 is 14.1 Å². The Hall–Kier alpha value is -2.38. The molecule has 0 aliphatic rings. The van der Waals surface area contributed by atoms with Gasteiger partial charge in [-0.05, 0) is 49.6 Å². The molecule has 25 heavy (non-hydrogen) atoms. The first kappa shape index (κ1) is 17.4. The molecule has 0 saturated heterocycles. The predicted molar refractivity (Wildman–Crippen MR) is 96.0 cm³/mol. The molecule has 1 unspecified atom stereocenters. The number of carbonyl (C=O) groups excluding carboxylic acids is 1. The normalized spacial score (nSPS) is 12.4. The van der Waals surface area contributed by atoms with Gasteiger partial charge in [-0.3, -0.25) is 9.97 Å². The van der Waals surface area contributed by atoms with Gasteiger partial charge in [0.2, 0.25) is 0 Å². The number of aromatic amines is 1. The highest BCUT2D eigenvalue weighted by molar-refractivity contribution is 7.90. The lowest BCUT2D eigenvalue weighted by Crippen LogP contribution is -2.09. The summed E-state index contributed by atoms with van der Waals surface area (Å²) in [6.45, 7) is 5.75. The van der Waals surface area contributed by atoms with E-state index in [0.717, 1.165) is 27.9 Å². The van der Waals surface area contributed by atoms with E-state index in [1.54, 1.807) is 12.3 Å². The Kier molecular flexibility index (Phi) is 4.78. The minimum absolute atomic E-state index is 0.286. The summed E-state index contributed by atoms with van der Waals surface area (Å²) in [5.74, 6) is -0.126. The summed E-state index contributed by atoms with van der Waals surface area (Å²) < 4.78 is 17.4. The van der Waals surface area contributed by atoms with Crippen LogP contribution in [0, 0.1) is 20.8 Å².